The van der Waals surface area contributed by atoms with Crippen LogP contribution < -0.4 is 4.80 Å². The molecule has 0 radical (unpaired) electrons. The van der Waals surface area contributed by atoms with Crippen molar-refractivity contribution in [2.75, 3.05) is 7.05 Å². The summed E-state index contributed by atoms with van der Waals surface area (Å²) in [4.78, 5) is 8.31. The van der Waals surface area contributed by atoms with Crippen LogP contribution in [0.25, 0.3) is 11.3 Å². The van der Waals surface area contributed by atoms with Gasteiger partial charge in [-0.15, -0.1) is 11.3 Å². The SMILES string of the molecule is CN=c1scc(-c2ccc(C)c(C)c2)n1/N=C/c1ccc[nH]1. The Kier molecular flexibility index (Phi) is 4.06. The van der Waals surface area contributed by atoms with Crippen molar-refractivity contribution in [1.82, 2.24) is 9.66 Å². The lowest BCUT2D eigenvalue weighted by Gasteiger charge is -2.06. The zero-order valence-electron chi connectivity index (χ0n) is 12.9. The van der Waals surface area contributed by atoms with Crippen LogP contribution in [-0.4, -0.2) is 22.9 Å². The van der Waals surface area contributed by atoms with Crippen LogP contribution in [-0.2, 0) is 0 Å². The molecule has 0 unspecified atom stereocenters. The highest BCUT2D eigenvalue weighted by atomic mass is 32.1. The van der Waals surface area contributed by atoms with Crippen LogP contribution in [0.5, 0.6) is 0 Å². The van der Waals surface area contributed by atoms with Crippen molar-refractivity contribution in [2.45, 2.75) is 13.8 Å². The van der Waals surface area contributed by atoms with E-state index >= 15 is 0 Å². The van der Waals surface area contributed by atoms with Crippen molar-refractivity contribution in [3.63, 3.8) is 0 Å². The number of hydrogen-bond donors (Lipinski definition) is 1. The number of aromatic nitrogens is 2. The smallest absolute Gasteiger partial charge is 0.205 e. The summed E-state index contributed by atoms with van der Waals surface area (Å²) in [6.45, 7) is 4.25. The molecule has 0 fully saturated rings. The van der Waals surface area contributed by atoms with Crippen molar-refractivity contribution >= 4 is 17.6 Å². The van der Waals surface area contributed by atoms with Gasteiger partial charge >= 0.3 is 0 Å². The van der Waals surface area contributed by atoms with Crippen LogP contribution in [0.3, 0.4) is 0 Å². The summed E-state index contributed by atoms with van der Waals surface area (Å²) in [5, 5.41) is 6.68. The van der Waals surface area contributed by atoms with Gasteiger partial charge in [0.15, 0.2) is 0 Å². The van der Waals surface area contributed by atoms with Gasteiger partial charge in [-0.25, -0.2) is 4.68 Å². The summed E-state index contributed by atoms with van der Waals surface area (Å²) in [6.07, 6.45) is 3.70. The molecule has 3 aromatic rings. The fourth-order valence-electron chi connectivity index (χ4n) is 2.21. The van der Waals surface area contributed by atoms with Gasteiger partial charge in [0.05, 0.1) is 17.6 Å². The van der Waals surface area contributed by atoms with Crippen LogP contribution in [0.1, 0.15) is 16.8 Å². The Morgan fingerprint density at radius 2 is 2.05 bits per heavy atom. The van der Waals surface area contributed by atoms with E-state index in [2.05, 4.69) is 52.5 Å². The van der Waals surface area contributed by atoms with Crippen LogP contribution in [0.4, 0.5) is 0 Å². The molecule has 0 aliphatic rings. The molecule has 3 rings (SSSR count). The Hall–Kier alpha value is -2.40. The monoisotopic (exact) mass is 310 g/mol. The molecule has 0 atom stereocenters. The van der Waals surface area contributed by atoms with Gasteiger partial charge in [0.2, 0.25) is 4.80 Å². The van der Waals surface area contributed by atoms with Gasteiger partial charge in [-0.3, -0.25) is 4.99 Å². The topological polar surface area (TPSA) is 45.4 Å². The van der Waals surface area contributed by atoms with E-state index in [0.29, 0.717) is 0 Å². The Bertz CT molecular complexity index is 866. The summed E-state index contributed by atoms with van der Waals surface area (Å²) >= 11 is 1.59. The fraction of sp³-hybridized carbons (Fsp3) is 0.176. The van der Waals surface area contributed by atoms with Gasteiger partial charge in [0.1, 0.15) is 0 Å². The van der Waals surface area contributed by atoms with Crippen molar-refractivity contribution in [2.24, 2.45) is 10.1 Å². The van der Waals surface area contributed by atoms with Gasteiger partial charge in [-0.05, 0) is 43.2 Å². The van der Waals surface area contributed by atoms with Gasteiger partial charge in [-0.1, -0.05) is 12.1 Å². The first kappa shape index (κ1) is 14.5. The molecule has 0 bridgehead atoms. The molecule has 2 aromatic heterocycles. The number of thiazole rings is 1. The molecular formula is C17H18N4S. The van der Waals surface area contributed by atoms with Crippen LogP contribution >= 0.6 is 11.3 Å². The van der Waals surface area contributed by atoms with E-state index in [4.69, 9.17) is 0 Å². The van der Waals surface area contributed by atoms with E-state index in [1.165, 1.54) is 11.1 Å². The van der Waals surface area contributed by atoms with Crippen molar-refractivity contribution in [3.05, 3.63) is 63.5 Å². The predicted octanol–water partition coefficient (Wildman–Crippen LogP) is 3.57. The summed E-state index contributed by atoms with van der Waals surface area (Å²) in [5.41, 5.74) is 5.74. The normalized spacial score (nSPS) is 12.4. The third kappa shape index (κ3) is 2.80. The third-order valence-corrected chi connectivity index (χ3v) is 4.52. The zero-order chi connectivity index (χ0) is 15.5. The molecule has 4 nitrogen and oxygen atoms in total. The standard InChI is InChI=1S/C17H18N4S/c1-12-6-7-14(9-13(12)2)16-11-22-17(18-3)21(16)20-10-15-5-4-8-19-15/h4-11,19H,1-3H3/b18-17?,20-10+. The first-order valence-electron chi connectivity index (χ1n) is 7.08. The maximum absolute atomic E-state index is 4.59. The minimum Gasteiger partial charge on any atom is -0.360 e. The molecule has 5 heteroatoms. The predicted molar refractivity (Wildman–Crippen MR) is 92.5 cm³/mol. The van der Waals surface area contributed by atoms with E-state index in [-0.39, 0.29) is 0 Å². The molecule has 0 aliphatic carbocycles. The first-order chi connectivity index (χ1) is 10.7. The highest BCUT2D eigenvalue weighted by Gasteiger charge is 2.08. The lowest BCUT2D eigenvalue weighted by Crippen LogP contribution is -2.11. The third-order valence-electron chi connectivity index (χ3n) is 3.61. The highest BCUT2D eigenvalue weighted by Crippen LogP contribution is 2.22. The molecule has 0 saturated carbocycles. The molecular weight excluding hydrogens is 292 g/mol. The van der Waals surface area contributed by atoms with E-state index < -0.39 is 0 Å². The number of rotatable bonds is 3. The van der Waals surface area contributed by atoms with Crippen LogP contribution in [0.2, 0.25) is 0 Å². The van der Waals surface area contributed by atoms with Gasteiger partial charge in [0, 0.05) is 24.2 Å². The lowest BCUT2D eigenvalue weighted by atomic mass is 10.1. The van der Waals surface area contributed by atoms with Crippen molar-refractivity contribution < 1.29 is 0 Å². The lowest BCUT2D eigenvalue weighted by molar-refractivity contribution is 0.847. The van der Waals surface area contributed by atoms with E-state index in [1.54, 1.807) is 18.4 Å². The van der Waals surface area contributed by atoms with Crippen molar-refractivity contribution in [1.29, 1.82) is 0 Å². The second-order valence-electron chi connectivity index (χ2n) is 5.11. The molecule has 1 aromatic carbocycles. The Balaban J connectivity index is 2.09. The summed E-state index contributed by atoms with van der Waals surface area (Å²) in [7, 11) is 1.79. The van der Waals surface area contributed by atoms with E-state index in [9.17, 15) is 0 Å². The molecule has 2 heterocycles. The quantitative estimate of drug-likeness (QED) is 0.719. The number of benzene rings is 1. The Morgan fingerprint density at radius 3 is 2.73 bits per heavy atom. The summed E-state index contributed by atoms with van der Waals surface area (Å²) in [5.74, 6) is 0. The maximum atomic E-state index is 4.59. The molecule has 0 aliphatic heterocycles. The Morgan fingerprint density at radius 1 is 1.18 bits per heavy atom. The minimum absolute atomic E-state index is 0.871. The van der Waals surface area contributed by atoms with Crippen molar-refractivity contribution in [3.8, 4) is 11.3 Å². The first-order valence-corrected chi connectivity index (χ1v) is 7.96. The fourth-order valence-corrected chi connectivity index (χ4v) is 3.01. The van der Waals surface area contributed by atoms with E-state index in [1.807, 2.05) is 29.2 Å². The molecule has 112 valence electrons. The maximum Gasteiger partial charge on any atom is 0.205 e. The molecule has 22 heavy (non-hydrogen) atoms. The zero-order valence-corrected chi connectivity index (χ0v) is 13.7. The number of nitrogens with zero attached hydrogens (tertiary/aromatic N) is 3. The van der Waals surface area contributed by atoms with Gasteiger partial charge in [0.25, 0.3) is 0 Å². The Labute approximate surface area is 133 Å². The average molecular weight is 310 g/mol. The minimum atomic E-state index is 0.871. The number of H-pyrrole nitrogens is 1. The van der Waals surface area contributed by atoms with Crippen LogP contribution in [0.15, 0.2) is 52.0 Å². The summed E-state index contributed by atoms with van der Waals surface area (Å²) in [6, 6.07) is 10.4. The van der Waals surface area contributed by atoms with E-state index in [0.717, 1.165) is 21.8 Å². The van der Waals surface area contributed by atoms with Gasteiger partial charge < -0.3 is 4.98 Å². The number of aryl methyl sites for hydroxylation is 2. The summed E-state index contributed by atoms with van der Waals surface area (Å²) < 4.78 is 1.88. The number of nitrogens with one attached hydrogen (secondary N) is 1. The molecule has 0 saturated heterocycles. The largest absolute Gasteiger partial charge is 0.360 e. The van der Waals surface area contributed by atoms with Crippen LogP contribution in [0, 0.1) is 13.8 Å². The number of hydrogen-bond acceptors (Lipinski definition) is 3. The average Bonchev–Trinajstić information content (AvgIpc) is 3.16. The molecule has 1 N–H and O–H groups in total. The molecule has 0 amide bonds. The highest BCUT2D eigenvalue weighted by molar-refractivity contribution is 7.07. The van der Waals surface area contributed by atoms with Gasteiger partial charge in [-0.2, -0.15) is 5.10 Å². The molecule has 0 spiro atoms. The second-order valence-corrected chi connectivity index (χ2v) is 5.94. The second kappa shape index (κ2) is 6.15. The number of aromatic amines is 1.